The van der Waals surface area contributed by atoms with E-state index in [4.69, 9.17) is 12.2 Å². The molecular formula is C15H19FN2S. The Balaban J connectivity index is 2.07. The Labute approximate surface area is 117 Å². The van der Waals surface area contributed by atoms with Crippen molar-refractivity contribution in [3.05, 3.63) is 28.8 Å². The normalized spacial score (nSPS) is 27.8. The molecule has 1 fully saturated rings. The van der Waals surface area contributed by atoms with E-state index in [1.54, 1.807) is 12.1 Å². The van der Waals surface area contributed by atoms with Gasteiger partial charge in [0.15, 0.2) is 4.77 Å². The van der Waals surface area contributed by atoms with Crippen LogP contribution in [0.4, 0.5) is 4.39 Å². The van der Waals surface area contributed by atoms with Crippen molar-refractivity contribution >= 4 is 23.3 Å². The number of benzene rings is 1. The second-order valence-corrected chi connectivity index (χ2v) is 6.27. The topological polar surface area (TPSA) is 20.7 Å². The number of H-pyrrole nitrogens is 1. The van der Waals surface area contributed by atoms with Crippen molar-refractivity contribution in [3.8, 4) is 0 Å². The Bertz CT molecular complexity index is 658. The van der Waals surface area contributed by atoms with Crippen LogP contribution in [0.3, 0.4) is 0 Å². The number of fused-ring (bicyclic) bond motifs is 1. The van der Waals surface area contributed by atoms with Crippen molar-refractivity contribution < 1.29 is 4.39 Å². The third-order valence-corrected chi connectivity index (χ3v) is 4.91. The van der Waals surface area contributed by atoms with Gasteiger partial charge in [0.1, 0.15) is 5.82 Å². The second kappa shape index (κ2) is 4.75. The van der Waals surface area contributed by atoms with Gasteiger partial charge in [-0.3, -0.25) is 0 Å². The van der Waals surface area contributed by atoms with Crippen LogP contribution in [0.15, 0.2) is 18.2 Å². The summed E-state index contributed by atoms with van der Waals surface area (Å²) in [6.45, 7) is 4.62. The van der Waals surface area contributed by atoms with Gasteiger partial charge in [-0.2, -0.15) is 0 Å². The maximum absolute atomic E-state index is 13.5. The van der Waals surface area contributed by atoms with Gasteiger partial charge < -0.3 is 9.55 Å². The summed E-state index contributed by atoms with van der Waals surface area (Å²) in [7, 11) is 0. The number of halogens is 1. The van der Waals surface area contributed by atoms with Gasteiger partial charge in [-0.05, 0) is 61.5 Å². The predicted molar refractivity (Wildman–Crippen MR) is 78.3 cm³/mol. The van der Waals surface area contributed by atoms with Gasteiger partial charge in [-0.15, -0.1) is 0 Å². The Morgan fingerprint density at radius 1 is 1.26 bits per heavy atom. The fourth-order valence-corrected chi connectivity index (χ4v) is 3.57. The van der Waals surface area contributed by atoms with Crippen LogP contribution < -0.4 is 0 Å². The average Bonchev–Trinajstić information content (AvgIpc) is 2.68. The summed E-state index contributed by atoms with van der Waals surface area (Å²) in [6.07, 6.45) is 3.47. The highest BCUT2D eigenvalue weighted by molar-refractivity contribution is 7.71. The van der Waals surface area contributed by atoms with Crippen LogP contribution in [0.2, 0.25) is 0 Å². The van der Waals surface area contributed by atoms with E-state index in [-0.39, 0.29) is 5.82 Å². The first-order chi connectivity index (χ1) is 9.06. The van der Waals surface area contributed by atoms with Gasteiger partial charge in [0.2, 0.25) is 0 Å². The molecule has 3 rings (SSSR count). The molecule has 0 bridgehead atoms. The summed E-state index contributed by atoms with van der Waals surface area (Å²) in [4.78, 5) is 3.19. The summed E-state index contributed by atoms with van der Waals surface area (Å²) < 4.78 is 16.3. The summed E-state index contributed by atoms with van der Waals surface area (Å²) >= 11 is 5.43. The molecule has 1 heterocycles. The van der Waals surface area contributed by atoms with E-state index in [0.717, 1.165) is 29.8 Å². The fraction of sp³-hybridized carbons (Fsp3) is 0.533. The number of aromatic nitrogens is 2. The molecule has 102 valence electrons. The summed E-state index contributed by atoms with van der Waals surface area (Å²) in [5.74, 6) is 1.26. The number of nitrogens with zero attached hydrogens (tertiary/aromatic N) is 1. The number of rotatable bonds is 1. The molecule has 0 amide bonds. The maximum atomic E-state index is 13.5. The molecule has 2 aromatic rings. The summed E-state index contributed by atoms with van der Waals surface area (Å²) in [5, 5.41) is 0. The minimum atomic E-state index is -0.201. The van der Waals surface area contributed by atoms with E-state index in [1.807, 2.05) is 0 Å². The largest absolute Gasteiger partial charge is 0.331 e. The number of hydrogen-bond acceptors (Lipinski definition) is 1. The van der Waals surface area contributed by atoms with Crippen LogP contribution in [-0.2, 0) is 0 Å². The van der Waals surface area contributed by atoms with Crippen molar-refractivity contribution in [1.82, 2.24) is 9.55 Å². The molecule has 1 aromatic heterocycles. The minimum absolute atomic E-state index is 0.201. The second-order valence-electron chi connectivity index (χ2n) is 5.88. The van der Waals surface area contributed by atoms with Crippen LogP contribution in [0.5, 0.6) is 0 Å². The van der Waals surface area contributed by atoms with E-state index in [2.05, 4.69) is 23.4 Å². The molecule has 3 unspecified atom stereocenters. The highest BCUT2D eigenvalue weighted by Crippen LogP contribution is 2.37. The van der Waals surface area contributed by atoms with E-state index in [9.17, 15) is 4.39 Å². The SMILES string of the molecule is CC1CCC(n2c(=S)[nH]c3ccc(F)cc32)CC1C. The van der Waals surface area contributed by atoms with E-state index >= 15 is 0 Å². The van der Waals surface area contributed by atoms with E-state index in [1.165, 1.54) is 12.5 Å². The first kappa shape index (κ1) is 12.9. The Morgan fingerprint density at radius 2 is 2.05 bits per heavy atom. The van der Waals surface area contributed by atoms with Gasteiger partial charge in [0, 0.05) is 6.04 Å². The third-order valence-electron chi connectivity index (χ3n) is 4.62. The summed E-state index contributed by atoms with van der Waals surface area (Å²) in [5.41, 5.74) is 1.83. The molecule has 19 heavy (non-hydrogen) atoms. The highest BCUT2D eigenvalue weighted by Gasteiger charge is 2.27. The first-order valence-corrected chi connectivity index (χ1v) is 7.37. The fourth-order valence-electron chi connectivity index (χ4n) is 3.21. The monoisotopic (exact) mass is 278 g/mol. The van der Waals surface area contributed by atoms with E-state index in [0.29, 0.717) is 16.7 Å². The molecule has 0 spiro atoms. The van der Waals surface area contributed by atoms with Crippen LogP contribution in [0, 0.1) is 22.4 Å². The number of nitrogens with one attached hydrogen (secondary N) is 1. The van der Waals surface area contributed by atoms with Crippen molar-refractivity contribution in [2.24, 2.45) is 11.8 Å². The molecule has 1 aromatic carbocycles. The highest BCUT2D eigenvalue weighted by atomic mass is 32.1. The van der Waals surface area contributed by atoms with Crippen molar-refractivity contribution in [1.29, 1.82) is 0 Å². The minimum Gasteiger partial charge on any atom is -0.331 e. The molecule has 1 aliphatic carbocycles. The molecule has 1 saturated carbocycles. The van der Waals surface area contributed by atoms with E-state index < -0.39 is 0 Å². The lowest BCUT2D eigenvalue weighted by molar-refractivity contribution is 0.212. The smallest absolute Gasteiger partial charge is 0.178 e. The molecule has 2 nitrogen and oxygen atoms in total. The Kier molecular flexibility index (Phi) is 3.21. The molecular weight excluding hydrogens is 259 g/mol. The van der Waals surface area contributed by atoms with Gasteiger partial charge in [-0.1, -0.05) is 13.8 Å². The predicted octanol–water partition coefficient (Wildman–Crippen LogP) is 4.84. The zero-order valence-electron chi connectivity index (χ0n) is 11.3. The lowest BCUT2D eigenvalue weighted by Crippen LogP contribution is -2.23. The molecule has 1 N–H and O–H groups in total. The summed E-state index contributed by atoms with van der Waals surface area (Å²) in [6, 6.07) is 5.23. The standard InChI is InChI=1S/C15H19FN2S/c1-9-3-5-12(7-10(9)2)18-14-8-11(16)4-6-13(14)17-15(18)19/h4,6,8-10,12H,3,5,7H2,1-2H3,(H,17,19). The van der Waals surface area contributed by atoms with Gasteiger partial charge in [0.05, 0.1) is 11.0 Å². The van der Waals surface area contributed by atoms with Crippen LogP contribution in [0.1, 0.15) is 39.2 Å². The maximum Gasteiger partial charge on any atom is 0.178 e. The van der Waals surface area contributed by atoms with Gasteiger partial charge >= 0.3 is 0 Å². The molecule has 1 aliphatic rings. The van der Waals surface area contributed by atoms with Gasteiger partial charge in [0.25, 0.3) is 0 Å². The zero-order chi connectivity index (χ0) is 13.6. The van der Waals surface area contributed by atoms with Crippen LogP contribution in [-0.4, -0.2) is 9.55 Å². The van der Waals surface area contributed by atoms with Crippen molar-refractivity contribution in [2.45, 2.75) is 39.2 Å². The lowest BCUT2D eigenvalue weighted by Gasteiger charge is -2.33. The van der Waals surface area contributed by atoms with Gasteiger partial charge in [-0.25, -0.2) is 4.39 Å². The van der Waals surface area contributed by atoms with Crippen LogP contribution in [0.25, 0.3) is 11.0 Å². The Hall–Kier alpha value is -1.16. The molecule has 0 saturated heterocycles. The van der Waals surface area contributed by atoms with Crippen molar-refractivity contribution in [3.63, 3.8) is 0 Å². The first-order valence-electron chi connectivity index (χ1n) is 6.96. The number of hydrogen-bond donors (Lipinski definition) is 1. The number of imidazole rings is 1. The Morgan fingerprint density at radius 3 is 2.79 bits per heavy atom. The third kappa shape index (κ3) is 2.22. The average molecular weight is 278 g/mol. The molecule has 0 aliphatic heterocycles. The van der Waals surface area contributed by atoms with Crippen LogP contribution >= 0.6 is 12.2 Å². The zero-order valence-corrected chi connectivity index (χ0v) is 12.1. The molecule has 0 radical (unpaired) electrons. The molecule has 4 heteroatoms. The number of aromatic amines is 1. The quantitative estimate of drug-likeness (QED) is 0.741. The van der Waals surface area contributed by atoms with Crippen molar-refractivity contribution in [2.75, 3.05) is 0 Å². The molecule has 3 atom stereocenters. The lowest BCUT2D eigenvalue weighted by atomic mass is 9.79.